The summed E-state index contributed by atoms with van der Waals surface area (Å²) < 4.78 is 1.00. The van der Waals surface area contributed by atoms with Crippen LogP contribution in [0.3, 0.4) is 0 Å². The molecule has 0 fully saturated rings. The minimum Gasteiger partial charge on any atom is -0.300 e. The molecule has 0 amide bonds. The molecule has 0 unspecified atom stereocenters. The molecule has 1 aromatic carbocycles. The first kappa shape index (κ1) is 12.9. The molecule has 0 spiro atoms. The molecule has 0 aliphatic rings. The van der Waals surface area contributed by atoms with Crippen LogP contribution in [-0.2, 0) is 11.2 Å². The molecular formula is C14H13BrN2O. The van der Waals surface area contributed by atoms with E-state index >= 15 is 0 Å². The average molecular weight is 305 g/mol. The number of aromatic nitrogens is 2. The van der Waals surface area contributed by atoms with E-state index in [-0.39, 0.29) is 5.78 Å². The Labute approximate surface area is 114 Å². The van der Waals surface area contributed by atoms with E-state index in [1.165, 1.54) is 0 Å². The number of carbonyl (C=O) groups excluding carboxylic acids is 1. The fraction of sp³-hybridized carbons (Fsp3) is 0.214. The first-order valence-corrected chi connectivity index (χ1v) is 6.52. The molecule has 92 valence electrons. The summed E-state index contributed by atoms with van der Waals surface area (Å²) in [5.41, 5.74) is 1.90. The molecule has 3 nitrogen and oxygen atoms in total. The second-order valence-corrected chi connectivity index (χ2v) is 4.89. The first-order chi connectivity index (χ1) is 8.66. The first-order valence-electron chi connectivity index (χ1n) is 5.73. The molecule has 0 saturated carbocycles. The fourth-order valence-corrected chi connectivity index (χ4v) is 2.11. The number of benzene rings is 1. The molecule has 0 radical (unpaired) electrons. The van der Waals surface area contributed by atoms with Crippen LogP contribution in [-0.4, -0.2) is 15.8 Å². The number of aryl methyl sites for hydroxylation is 1. The monoisotopic (exact) mass is 304 g/mol. The number of ketones is 1. The summed E-state index contributed by atoms with van der Waals surface area (Å²) in [6.07, 6.45) is 2.81. The van der Waals surface area contributed by atoms with Gasteiger partial charge < -0.3 is 4.79 Å². The summed E-state index contributed by atoms with van der Waals surface area (Å²) in [7, 11) is 0. The van der Waals surface area contributed by atoms with E-state index in [4.69, 9.17) is 0 Å². The van der Waals surface area contributed by atoms with Crippen molar-refractivity contribution in [2.24, 2.45) is 0 Å². The topological polar surface area (TPSA) is 42.9 Å². The third-order valence-corrected chi connectivity index (χ3v) is 3.25. The van der Waals surface area contributed by atoms with Crippen LogP contribution < -0.4 is 0 Å². The summed E-state index contributed by atoms with van der Waals surface area (Å²) >= 11 is 3.51. The molecule has 0 atom stereocenters. The third kappa shape index (κ3) is 3.23. The van der Waals surface area contributed by atoms with E-state index in [2.05, 4.69) is 25.9 Å². The van der Waals surface area contributed by atoms with Gasteiger partial charge in [-0.1, -0.05) is 34.1 Å². The highest BCUT2D eigenvalue weighted by molar-refractivity contribution is 9.10. The summed E-state index contributed by atoms with van der Waals surface area (Å²) in [6, 6.07) is 9.79. The van der Waals surface area contributed by atoms with Gasteiger partial charge in [0.25, 0.3) is 0 Å². The van der Waals surface area contributed by atoms with Crippen molar-refractivity contribution in [3.05, 3.63) is 46.8 Å². The van der Waals surface area contributed by atoms with Gasteiger partial charge in [-0.2, -0.15) is 0 Å². The van der Waals surface area contributed by atoms with E-state index in [0.717, 1.165) is 15.7 Å². The normalized spacial score (nSPS) is 10.3. The van der Waals surface area contributed by atoms with Gasteiger partial charge in [0.1, 0.15) is 11.6 Å². The van der Waals surface area contributed by atoms with Gasteiger partial charge in [-0.25, -0.2) is 9.97 Å². The highest BCUT2D eigenvalue weighted by Crippen LogP contribution is 2.25. The van der Waals surface area contributed by atoms with Gasteiger partial charge in [0.05, 0.1) is 5.69 Å². The van der Waals surface area contributed by atoms with Crippen molar-refractivity contribution in [1.29, 1.82) is 0 Å². The second-order valence-electron chi connectivity index (χ2n) is 4.04. The van der Waals surface area contributed by atoms with Crippen molar-refractivity contribution in [3.8, 4) is 11.3 Å². The number of hydrogen-bond donors (Lipinski definition) is 0. The lowest BCUT2D eigenvalue weighted by molar-refractivity contribution is -0.117. The fourth-order valence-electron chi connectivity index (χ4n) is 1.63. The van der Waals surface area contributed by atoms with Gasteiger partial charge in [0.2, 0.25) is 0 Å². The van der Waals surface area contributed by atoms with E-state index in [0.29, 0.717) is 18.7 Å². The summed E-state index contributed by atoms with van der Waals surface area (Å²) in [4.78, 5) is 19.6. The maximum atomic E-state index is 11.0. The maximum Gasteiger partial charge on any atom is 0.130 e. The van der Waals surface area contributed by atoms with Gasteiger partial charge >= 0.3 is 0 Å². The Morgan fingerprint density at radius 2 is 2.06 bits per heavy atom. The van der Waals surface area contributed by atoms with Crippen LogP contribution >= 0.6 is 15.9 Å². The molecular weight excluding hydrogens is 292 g/mol. The smallest absolute Gasteiger partial charge is 0.130 e. The predicted octanol–water partition coefficient (Wildman–Crippen LogP) is 3.43. The Morgan fingerprint density at radius 1 is 1.28 bits per heavy atom. The highest BCUT2D eigenvalue weighted by Gasteiger charge is 2.06. The zero-order chi connectivity index (χ0) is 13.0. The van der Waals surface area contributed by atoms with Crippen molar-refractivity contribution in [3.63, 3.8) is 0 Å². The summed E-state index contributed by atoms with van der Waals surface area (Å²) in [5.74, 6) is 0.864. The summed E-state index contributed by atoms with van der Waals surface area (Å²) in [6.45, 7) is 1.58. The van der Waals surface area contributed by atoms with Gasteiger partial charge in [-0.05, 0) is 19.1 Å². The third-order valence-electron chi connectivity index (χ3n) is 2.56. The van der Waals surface area contributed by atoms with E-state index in [9.17, 15) is 4.79 Å². The average Bonchev–Trinajstić information content (AvgIpc) is 2.37. The number of nitrogens with zero attached hydrogens (tertiary/aromatic N) is 2. The maximum absolute atomic E-state index is 11.0. The Kier molecular flexibility index (Phi) is 4.20. The number of Topliss-reactive ketones (excluding diaryl/α,β-unsaturated/α-hetero) is 1. The quantitative estimate of drug-likeness (QED) is 0.869. The summed E-state index contributed by atoms with van der Waals surface area (Å²) in [5, 5.41) is 0. The molecule has 1 heterocycles. The molecule has 0 aliphatic heterocycles. The number of carbonyl (C=O) groups is 1. The molecule has 4 heteroatoms. The number of rotatable bonds is 4. The molecule has 2 rings (SSSR count). The number of hydrogen-bond acceptors (Lipinski definition) is 3. The lowest BCUT2D eigenvalue weighted by atomic mass is 10.1. The molecule has 0 aliphatic carbocycles. The largest absolute Gasteiger partial charge is 0.300 e. The van der Waals surface area contributed by atoms with Crippen LogP contribution in [0, 0.1) is 0 Å². The van der Waals surface area contributed by atoms with Crippen LogP contribution in [0.15, 0.2) is 41.0 Å². The lowest BCUT2D eigenvalue weighted by Gasteiger charge is -2.05. The van der Waals surface area contributed by atoms with Crippen LogP contribution in [0.4, 0.5) is 0 Å². The van der Waals surface area contributed by atoms with Crippen molar-refractivity contribution < 1.29 is 4.79 Å². The molecule has 0 N–H and O–H groups in total. The van der Waals surface area contributed by atoms with Crippen LogP contribution in [0.1, 0.15) is 19.2 Å². The van der Waals surface area contributed by atoms with Crippen LogP contribution in [0.5, 0.6) is 0 Å². The highest BCUT2D eigenvalue weighted by atomic mass is 79.9. The molecule has 18 heavy (non-hydrogen) atoms. The molecule has 0 saturated heterocycles. The Bertz CT molecular complexity index is 569. The standard InChI is InChI=1S/C14H13BrN2O/c1-10(18)6-7-14-16-9-8-13(17-14)11-4-2-3-5-12(11)15/h2-5,8-9H,6-7H2,1H3. The predicted molar refractivity (Wildman–Crippen MR) is 74.2 cm³/mol. The van der Waals surface area contributed by atoms with E-state index in [1.807, 2.05) is 30.3 Å². The van der Waals surface area contributed by atoms with Crippen molar-refractivity contribution in [2.75, 3.05) is 0 Å². The Morgan fingerprint density at radius 3 is 2.78 bits per heavy atom. The van der Waals surface area contributed by atoms with Crippen LogP contribution in [0.25, 0.3) is 11.3 Å². The Hall–Kier alpha value is -1.55. The van der Waals surface area contributed by atoms with Crippen LogP contribution in [0.2, 0.25) is 0 Å². The van der Waals surface area contributed by atoms with Crippen molar-refractivity contribution >= 4 is 21.7 Å². The zero-order valence-corrected chi connectivity index (χ0v) is 11.6. The van der Waals surface area contributed by atoms with Gasteiger partial charge in [-0.15, -0.1) is 0 Å². The van der Waals surface area contributed by atoms with Gasteiger partial charge in [-0.3, -0.25) is 0 Å². The molecule has 2 aromatic rings. The van der Waals surface area contributed by atoms with E-state index < -0.39 is 0 Å². The molecule has 0 bridgehead atoms. The minimum absolute atomic E-state index is 0.157. The lowest BCUT2D eigenvalue weighted by Crippen LogP contribution is -2.00. The van der Waals surface area contributed by atoms with Crippen molar-refractivity contribution in [1.82, 2.24) is 9.97 Å². The SMILES string of the molecule is CC(=O)CCc1nccc(-c2ccccc2Br)n1. The minimum atomic E-state index is 0.157. The zero-order valence-electron chi connectivity index (χ0n) is 10.1. The van der Waals surface area contributed by atoms with E-state index in [1.54, 1.807) is 13.1 Å². The second kappa shape index (κ2) is 5.87. The van der Waals surface area contributed by atoms with Crippen molar-refractivity contribution in [2.45, 2.75) is 19.8 Å². The Balaban J connectivity index is 2.27. The number of halogens is 1. The van der Waals surface area contributed by atoms with Gasteiger partial charge in [0.15, 0.2) is 0 Å². The van der Waals surface area contributed by atoms with Gasteiger partial charge in [0, 0.05) is 29.1 Å². The molecule has 1 aromatic heterocycles.